The van der Waals surface area contributed by atoms with Crippen LogP contribution >= 0.6 is 0 Å². The van der Waals surface area contributed by atoms with Gasteiger partial charge in [-0.25, -0.2) is 0 Å². The molecule has 0 aliphatic carbocycles. The Bertz CT molecular complexity index is 621. The van der Waals surface area contributed by atoms with Gasteiger partial charge in [0, 0.05) is 6.54 Å². The molecule has 0 saturated carbocycles. The average molecular weight is 280 g/mol. The second-order valence-corrected chi connectivity index (χ2v) is 5.52. The molecule has 1 aliphatic rings. The van der Waals surface area contributed by atoms with E-state index in [-0.39, 0.29) is 11.9 Å². The van der Waals surface area contributed by atoms with E-state index < -0.39 is 6.04 Å². The Balaban J connectivity index is 1.80. The number of nitrogens with zero attached hydrogens (tertiary/aromatic N) is 1. The summed E-state index contributed by atoms with van der Waals surface area (Å²) in [5.41, 5.74) is 9.57. The molecular formula is C18H20N2O. The third kappa shape index (κ3) is 2.57. The first-order valence-corrected chi connectivity index (χ1v) is 7.39. The molecule has 1 heterocycles. The summed E-state index contributed by atoms with van der Waals surface area (Å²) in [6.07, 6.45) is 1.02. The number of hydrogen-bond donors (Lipinski definition) is 1. The van der Waals surface area contributed by atoms with E-state index in [1.54, 1.807) is 0 Å². The molecule has 0 bridgehead atoms. The fourth-order valence-electron chi connectivity index (χ4n) is 2.87. The number of likely N-dealkylation sites (tertiary alicyclic amines) is 1. The highest BCUT2D eigenvalue weighted by Crippen LogP contribution is 2.35. The van der Waals surface area contributed by atoms with Crippen LogP contribution in [0.5, 0.6) is 0 Å². The van der Waals surface area contributed by atoms with Crippen molar-refractivity contribution in [3.63, 3.8) is 0 Å². The van der Waals surface area contributed by atoms with E-state index >= 15 is 0 Å². The summed E-state index contributed by atoms with van der Waals surface area (Å²) in [4.78, 5) is 13.9. The fraction of sp³-hybridized carbons (Fsp3) is 0.278. The Morgan fingerprint density at radius 1 is 1.00 bits per heavy atom. The van der Waals surface area contributed by atoms with E-state index in [0.717, 1.165) is 17.5 Å². The first kappa shape index (κ1) is 13.8. The van der Waals surface area contributed by atoms with Crippen molar-refractivity contribution in [3.8, 4) is 0 Å². The molecule has 0 spiro atoms. The number of benzene rings is 2. The molecule has 2 aromatic rings. The Kier molecular flexibility index (Phi) is 3.76. The number of nitrogens with two attached hydrogens (primary N) is 1. The molecule has 2 aromatic carbocycles. The smallest absolute Gasteiger partial charge is 0.242 e. The Morgan fingerprint density at radius 3 is 2.29 bits per heavy atom. The Morgan fingerprint density at radius 2 is 1.67 bits per heavy atom. The summed E-state index contributed by atoms with van der Waals surface area (Å²) < 4.78 is 0. The number of carbonyl (C=O) groups excluding carboxylic acids is 1. The molecule has 3 nitrogen and oxygen atoms in total. The van der Waals surface area contributed by atoms with Crippen LogP contribution in [0.1, 0.15) is 29.7 Å². The number of aryl methyl sites for hydroxylation is 1. The number of carbonyl (C=O) groups is 1. The number of hydrogen-bond acceptors (Lipinski definition) is 2. The fourth-order valence-corrected chi connectivity index (χ4v) is 2.87. The van der Waals surface area contributed by atoms with Crippen molar-refractivity contribution in [2.45, 2.75) is 32.0 Å². The highest BCUT2D eigenvalue weighted by Gasteiger charge is 2.45. The summed E-state index contributed by atoms with van der Waals surface area (Å²) >= 11 is 0. The lowest BCUT2D eigenvalue weighted by molar-refractivity contribution is -0.150. The van der Waals surface area contributed by atoms with E-state index in [1.165, 1.54) is 5.56 Å². The predicted molar refractivity (Wildman–Crippen MR) is 83.5 cm³/mol. The molecule has 0 unspecified atom stereocenters. The van der Waals surface area contributed by atoms with E-state index in [0.29, 0.717) is 6.54 Å². The van der Waals surface area contributed by atoms with E-state index in [1.807, 2.05) is 35.2 Å². The van der Waals surface area contributed by atoms with Crippen LogP contribution in [0.2, 0.25) is 0 Å². The zero-order chi connectivity index (χ0) is 14.8. The first-order valence-electron chi connectivity index (χ1n) is 7.39. The number of rotatable bonds is 4. The lowest BCUT2D eigenvalue weighted by Crippen LogP contribution is -2.62. The van der Waals surface area contributed by atoms with Crippen molar-refractivity contribution in [1.82, 2.24) is 4.90 Å². The third-order valence-corrected chi connectivity index (χ3v) is 4.17. The van der Waals surface area contributed by atoms with Crippen LogP contribution in [-0.4, -0.2) is 16.8 Å². The van der Waals surface area contributed by atoms with Crippen molar-refractivity contribution in [2.75, 3.05) is 0 Å². The summed E-state index contributed by atoms with van der Waals surface area (Å²) in [7, 11) is 0. The van der Waals surface area contributed by atoms with Gasteiger partial charge >= 0.3 is 0 Å². The van der Waals surface area contributed by atoms with Crippen molar-refractivity contribution in [1.29, 1.82) is 0 Å². The minimum atomic E-state index is -0.416. The van der Waals surface area contributed by atoms with Crippen LogP contribution in [0.25, 0.3) is 0 Å². The summed E-state index contributed by atoms with van der Waals surface area (Å²) in [5.74, 6) is 0.0309. The molecule has 2 N–H and O–H groups in total. The summed E-state index contributed by atoms with van der Waals surface area (Å²) in [5, 5.41) is 0. The van der Waals surface area contributed by atoms with Gasteiger partial charge in [0.05, 0.1) is 6.04 Å². The maximum absolute atomic E-state index is 12.1. The summed E-state index contributed by atoms with van der Waals surface area (Å²) in [6.45, 7) is 2.75. The minimum Gasteiger partial charge on any atom is -0.328 e. The molecule has 0 aromatic heterocycles. The zero-order valence-electron chi connectivity index (χ0n) is 12.2. The van der Waals surface area contributed by atoms with Gasteiger partial charge in [-0.1, -0.05) is 61.5 Å². The average Bonchev–Trinajstić information content (AvgIpc) is 2.55. The molecular weight excluding hydrogens is 260 g/mol. The minimum absolute atomic E-state index is 0.0105. The zero-order valence-corrected chi connectivity index (χ0v) is 12.2. The van der Waals surface area contributed by atoms with Crippen LogP contribution in [0.4, 0.5) is 0 Å². The van der Waals surface area contributed by atoms with Crippen molar-refractivity contribution in [2.24, 2.45) is 5.73 Å². The van der Waals surface area contributed by atoms with Gasteiger partial charge in [-0.3, -0.25) is 4.79 Å². The topological polar surface area (TPSA) is 46.3 Å². The SMILES string of the molecule is CCc1ccc([C@H]2[C@H](N)C(=O)N2Cc2ccccc2)cc1. The number of β-lactam (4-membered cyclic amide) rings is 1. The molecule has 1 amide bonds. The lowest BCUT2D eigenvalue weighted by Gasteiger charge is -2.45. The summed E-state index contributed by atoms with van der Waals surface area (Å²) in [6, 6.07) is 18.0. The number of amides is 1. The lowest BCUT2D eigenvalue weighted by atomic mass is 9.88. The van der Waals surface area contributed by atoms with Crippen LogP contribution in [0.15, 0.2) is 54.6 Å². The van der Waals surface area contributed by atoms with Crippen LogP contribution in [0, 0.1) is 0 Å². The van der Waals surface area contributed by atoms with Crippen LogP contribution in [0.3, 0.4) is 0 Å². The van der Waals surface area contributed by atoms with Crippen LogP contribution < -0.4 is 5.73 Å². The molecule has 0 radical (unpaired) electrons. The maximum Gasteiger partial charge on any atom is 0.242 e. The Hall–Kier alpha value is -2.13. The standard InChI is InChI=1S/C18H20N2O/c1-2-13-8-10-15(11-9-13)17-16(19)18(21)20(17)12-14-6-4-3-5-7-14/h3-11,16-17H,2,12,19H2,1H3/t16-,17-/m0/s1. The van der Waals surface area contributed by atoms with E-state index in [9.17, 15) is 4.79 Å². The Labute approximate surface area is 125 Å². The van der Waals surface area contributed by atoms with Crippen LogP contribution in [-0.2, 0) is 17.8 Å². The van der Waals surface area contributed by atoms with Gasteiger partial charge in [-0.2, -0.15) is 0 Å². The van der Waals surface area contributed by atoms with Gasteiger partial charge < -0.3 is 10.6 Å². The van der Waals surface area contributed by atoms with E-state index in [4.69, 9.17) is 5.73 Å². The normalized spacial score (nSPS) is 21.2. The van der Waals surface area contributed by atoms with Gasteiger partial charge in [-0.05, 0) is 23.1 Å². The highest BCUT2D eigenvalue weighted by atomic mass is 16.2. The molecule has 1 fully saturated rings. The largest absolute Gasteiger partial charge is 0.328 e. The van der Waals surface area contributed by atoms with Gasteiger partial charge in [-0.15, -0.1) is 0 Å². The molecule has 3 heteroatoms. The molecule has 3 rings (SSSR count). The molecule has 21 heavy (non-hydrogen) atoms. The van der Waals surface area contributed by atoms with Crippen molar-refractivity contribution < 1.29 is 4.79 Å². The van der Waals surface area contributed by atoms with E-state index in [2.05, 4.69) is 31.2 Å². The van der Waals surface area contributed by atoms with Gasteiger partial charge in [0.1, 0.15) is 6.04 Å². The molecule has 1 saturated heterocycles. The monoisotopic (exact) mass is 280 g/mol. The quantitative estimate of drug-likeness (QED) is 0.875. The van der Waals surface area contributed by atoms with Crippen molar-refractivity contribution >= 4 is 5.91 Å². The molecule has 1 aliphatic heterocycles. The molecule has 108 valence electrons. The predicted octanol–water partition coefficient (Wildman–Crippen LogP) is 2.66. The van der Waals surface area contributed by atoms with Crippen molar-refractivity contribution in [3.05, 3.63) is 71.3 Å². The maximum atomic E-state index is 12.1. The highest BCUT2D eigenvalue weighted by molar-refractivity contribution is 5.89. The first-order chi connectivity index (χ1) is 10.2. The van der Waals surface area contributed by atoms with Gasteiger partial charge in [0.25, 0.3) is 0 Å². The third-order valence-electron chi connectivity index (χ3n) is 4.17. The molecule has 2 atom stereocenters. The second kappa shape index (κ2) is 5.70. The van der Waals surface area contributed by atoms with Gasteiger partial charge in [0.15, 0.2) is 0 Å². The van der Waals surface area contributed by atoms with Gasteiger partial charge in [0.2, 0.25) is 5.91 Å². The second-order valence-electron chi connectivity index (χ2n) is 5.52.